The molecule has 1 heterocycles. The average molecular weight is 388 g/mol. The summed E-state index contributed by atoms with van der Waals surface area (Å²) in [4.78, 5) is 12.3. The van der Waals surface area contributed by atoms with Gasteiger partial charge in [-0.25, -0.2) is 8.78 Å². The molecule has 1 spiro atoms. The number of benzene rings is 2. The lowest BCUT2D eigenvalue weighted by molar-refractivity contribution is -0.116. The summed E-state index contributed by atoms with van der Waals surface area (Å²) in [6.07, 6.45) is 5.05. The summed E-state index contributed by atoms with van der Waals surface area (Å²) in [6, 6.07) is 8.09. The zero-order chi connectivity index (χ0) is 19.7. The molecular formula is C21H22F2N2O3. The highest BCUT2D eigenvalue weighted by molar-refractivity contribution is 5.96. The standard InChI is InChI=1S/C21H22F2N2O3/c1-13(20(26)25-19-15(22)6-5-7-16(19)23)24-14-8-9-17-18(12-14)28-21(27-17)10-3-2-4-11-21/h5-9,12-13,24H,2-4,10-11H2,1H3,(H,25,26)/t13-/m0/s1. The van der Waals surface area contributed by atoms with Crippen molar-refractivity contribution in [1.29, 1.82) is 0 Å². The topological polar surface area (TPSA) is 59.6 Å². The van der Waals surface area contributed by atoms with Crippen LogP contribution in [0.1, 0.15) is 39.0 Å². The molecule has 2 N–H and O–H groups in total. The Bertz CT molecular complexity index is 877. The van der Waals surface area contributed by atoms with Crippen LogP contribution in [-0.4, -0.2) is 17.7 Å². The highest BCUT2D eigenvalue weighted by Gasteiger charge is 2.42. The van der Waals surface area contributed by atoms with Crippen LogP contribution in [0.4, 0.5) is 20.2 Å². The van der Waals surface area contributed by atoms with Crippen LogP contribution in [0.5, 0.6) is 11.5 Å². The summed E-state index contributed by atoms with van der Waals surface area (Å²) >= 11 is 0. The van der Waals surface area contributed by atoms with E-state index in [4.69, 9.17) is 9.47 Å². The van der Waals surface area contributed by atoms with Gasteiger partial charge in [0.2, 0.25) is 5.91 Å². The molecule has 1 amide bonds. The van der Waals surface area contributed by atoms with Crippen LogP contribution in [-0.2, 0) is 4.79 Å². The van der Waals surface area contributed by atoms with Crippen molar-refractivity contribution in [1.82, 2.24) is 0 Å². The maximum absolute atomic E-state index is 13.7. The van der Waals surface area contributed by atoms with Crippen molar-refractivity contribution in [2.24, 2.45) is 0 Å². The molecular weight excluding hydrogens is 366 g/mol. The van der Waals surface area contributed by atoms with Gasteiger partial charge in [-0.05, 0) is 44.0 Å². The van der Waals surface area contributed by atoms with Crippen LogP contribution in [0.2, 0.25) is 0 Å². The predicted octanol–water partition coefficient (Wildman–Crippen LogP) is 4.84. The van der Waals surface area contributed by atoms with E-state index in [1.54, 1.807) is 19.1 Å². The molecule has 1 aliphatic carbocycles. The number of ether oxygens (including phenoxy) is 2. The molecule has 1 aliphatic heterocycles. The molecule has 7 heteroatoms. The third kappa shape index (κ3) is 3.61. The third-order valence-corrected chi connectivity index (χ3v) is 5.14. The fourth-order valence-electron chi connectivity index (χ4n) is 3.64. The molecule has 0 saturated heterocycles. The van der Waals surface area contributed by atoms with Crippen LogP contribution < -0.4 is 20.1 Å². The first-order valence-electron chi connectivity index (χ1n) is 9.49. The third-order valence-electron chi connectivity index (χ3n) is 5.14. The Hall–Kier alpha value is -2.83. The van der Waals surface area contributed by atoms with E-state index in [1.807, 2.05) is 6.07 Å². The Morgan fingerprint density at radius 3 is 2.43 bits per heavy atom. The highest BCUT2D eigenvalue weighted by atomic mass is 19.1. The monoisotopic (exact) mass is 388 g/mol. The summed E-state index contributed by atoms with van der Waals surface area (Å²) in [6.45, 7) is 1.61. The van der Waals surface area contributed by atoms with E-state index in [9.17, 15) is 13.6 Å². The number of para-hydroxylation sites is 1. The Labute approximate surface area is 162 Å². The van der Waals surface area contributed by atoms with E-state index in [1.165, 1.54) is 12.5 Å². The lowest BCUT2D eigenvalue weighted by Crippen LogP contribution is -2.40. The molecule has 0 radical (unpaired) electrons. The first-order valence-corrected chi connectivity index (χ1v) is 9.49. The van der Waals surface area contributed by atoms with Gasteiger partial charge in [-0.15, -0.1) is 0 Å². The summed E-state index contributed by atoms with van der Waals surface area (Å²) in [5.41, 5.74) is 0.206. The van der Waals surface area contributed by atoms with E-state index in [2.05, 4.69) is 10.6 Å². The largest absolute Gasteiger partial charge is 0.448 e. The fraction of sp³-hybridized carbons (Fsp3) is 0.381. The molecule has 0 aromatic heterocycles. The van der Waals surface area contributed by atoms with Crippen LogP contribution in [0, 0.1) is 11.6 Å². The molecule has 5 nitrogen and oxygen atoms in total. The van der Waals surface area contributed by atoms with Crippen molar-refractivity contribution < 1.29 is 23.0 Å². The molecule has 148 valence electrons. The van der Waals surface area contributed by atoms with Gasteiger partial charge >= 0.3 is 0 Å². The number of halogens is 2. The van der Waals surface area contributed by atoms with E-state index in [-0.39, 0.29) is 0 Å². The molecule has 28 heavy (non-hydrogen) atoms. The van der Waals surface area contributed by atoms with E-state index in [0.717, 1.165) is 37.8 Å². The normalized spacial score (nSPS) is 18.0. The summed E-state index contributed by atoms with van der Waals surface area (Å²) in [5.74, 6) is -1.42. The van der Waals surface area contributed by atoms with Gasteiger partial charge in [-0.3, -0.25) is 4.79 Å². The van der Waals surface area contributed by atoms with Crippen LogP contribution >= 0.6 is 0 Å². The number of amides is 1. The Morgan fingerprint density at radius 1 is 1.04 bits per heavy atom. The van der Waals surface area contributed by atoms with Crippen molar-refractivity contribution in [2.45, 2.75) is 50.9 Å². The van der Waals surface area contributed by atoms with Crippen LogP contribution in [0.3, 0.4) is 0 Å². The molecule has 0 bridgehead atoms. The average Bonchev–Trinajstić information content (AvgIpc) is 3.01. The fourth-order valence-corrected chi connectivity index (χ4v) is 3.64. The highest BCUT2D eigenvalue weighted by Crippen LogP contribution is 2.46. The molecule has 4 rings (SSSR count). The number of carbonyl (C=O) groups excluding carboxylic acids is 1. The van der Waals surface area contributed by atoms with Gasteiger partial charge < -0.3 is 20.1 Å². The maximum Gasteiger partial charge on any atom is 0.251 e. The second kappa shape index (κ2) is 7.30. The van der Waals surface area contributed by atoms with Gasteiger partial charge in [0.1, 0.15) is 23.4 Å². The number of rotatable bonds is 4. The Kier molecular flexibility index (Phi) is 4.83. The summed E-state index contributed by atoms with van der Waals surface area (Å²) < 4.78 is 39.6. The molecule has 2 aromatic rings. The van der Waals surface area contributed by atoms with Crippen molar-refractivity contribution in [3.8, 4) is 11.5 Å². The predicted molar refractivity (Wildman–Crippen MR) is 102 cm³/mol. The minimum absolute atomic E-state index is 0.453. The lowest BCUT2D eigenvalue weighted by Gasteiger charge is -2.31. The van der Waals surface area contributed by atoms with Gasteiger partial charge in [0.05, 0.1) is 0 Å². The first-order chi connectivity index (χ1) is 13.5. The first kappa shape index (κ1) is 18.5. The summed E-state index contributed by atoms with van der Waals surface area (Å²) in [5, 5.41) is 5.32. The maximum atomic E-state index is 13.7. The zero-order valence-electron chi connectivity index (χ0n) is 15.6. The number of fused-ring (bicyclic) bond motifs is 1. The van der Waals surface area contributed by atoms with Crippen LogP contribution in [0.15, 0.2) is 36.4 Å². The van der Waals surface area contributed by atoms with Gasteiger partial charge in [0.25, 0.3) is 5.79 Å². The van der Waals surface area contributed by atoms with Gasteiger partial charge in [-0.2, -0.15) is 0 Å². The smallest absolute Gasteiger partial charge is 0.251 e. The summed E-state index contributed by atoms with van der Waals surface area (Å²) in [7, 11) is 0. The van der Waals surface area contributed by atoms with Crippen molar-refractivity contribution in [3.63, 3.8) is 0 Å². The molecule has 0 unspecified atom stereocenters. The molecule has 2 aliphatic rings. The van der Waals surface area contributed by atoms with Crippen molar-refractivity contribution in [2.75, 3.05) is 10.6 Å². The zero-order valence-corrected chi connectivity index (χ0v) is 15.6. The second-order valence-corrected chi connectivity index (χ2v) is 7.29. The van der Waals surface area contributed by atoms with Gasteiger partial charge in [0, 0.05) is 24.6 Å². The van der Waals surface area contributed by atoms with Crippen LogP contribution in [0.25, 0.3) is 0 Å². The lowest BCUT2D eigenvalue weighted by atomic mass is 9.94. The number of hydrogen-bond donors (Lipinski definition) is 2. The number of carbonyl (C=O) groups is 1. The SMILES string of the molecule is C[C@H](Nc1ccc2c(c1)OC1(CCCCC1)O2)C(=O)Nc1c(F)cccc1F. The number of anilines is 2. The van der Waals surface area contributed by atoms with Crippen molar-refractivity contribution in [3.05, 3.63) is 48.0 Å². The molecule has 1 atom stereocenters. The number of nitrogens with one attached hydrogen (secondary N) is 2. The quantitative estimate of drug-likeness (QED) is 0.787. The Balaban J connectivity index is 1.42. The molecule has 1 saturated carbocycles. The van der Waals surface area contributed by atoms with E-state index >= 15 is 0 Å². The van der Waals surface area contributed by atoms with Gasteiger partial charge in [-0.1, -0.05) is 12.5 Å². The van der Waals surface area contributed by atoms with E-state index in [0.29, 0.717) is 17.2 Å². The molecule has 2 aromatic carbocycles. The van der Waals surface area contributed by atoms with Gasteiger partial charge in [0.15, 0.2) is 11.5 Å². The Morgan fingerprint density at radius 2 is 1.71 bits per heavy atom. The minimum atomic E-state index is -0.818. The number of hydrogen-bond acceptors (Lipinski definition) is 4. The molecule has 1 fully saturated rings. The van der Waals surface area contributed by atoms with Crippen molar-refractivity contribution >= 4 is 17.3 Å². The van der Waals surface area contributed by atoms with E-state index < -0.39 is 35.1 Å². The minimum Gasteiger partial charge on any atom is -0.448 e. The second-order valence-electron chi connectivity index (χ2n) is 7.29.